The summed E-state index contributed by atoms with van der Waals surface area (Å²) in [4.78, 5) is 0. The average molecular weight is 398 g/mol. The highest BCUT2D eigenvalue weighted by atomic mass is 16.3. The van der Waals surface area contributed by atoms with Gasteiger partial charge in [-0.25, -0.2) is 0 Å². The van der Waals surface area contributed by atoms with E-state index in [1.165, 1.54) is 12.1 Å². The van der Waals surface area contributed by atoms with Gasteiger partial charge in [-0.2, -0.15) is 0 Å². The van der Waals surface area contributed by atoms with Crippen LogP contribution in [0.2, 0.25) is 0 Å². The largest absolute Gasteiger partial charge is 0.504 e. The van der Waals surface area contributed by atoms with Crippen molar-refractivity contribution < 1.29 is 20.4 Å². The van der Waals surface area contributed by atoms with E-state index in [4.69, 9.17) is 0 Å². The van der Waals surface area contributed by atoms with Crippen LogP contribution >= 0.6 is 0 Å². The molecule has 0 unspecified atom stereocenters. The van der Waals surface area contributed by atoms with E-state index in [1.807, 2.05) is 60.7 Å². The van der Waals surface area contributed by atoms with Gasteiger partial charge in [0.25, 0.3) is 0 Å². The number of para-hydroxylation sites is 2. The van der Waals surface area contributed by atoms with Gasteiger partial charge in [-0.3, -0.25) is 0 Å². The second-order valence-electron chi connectivity index (χ2n) is 7.28. The Hall–Kier alpha value is -3.92. The molecule has 4 aromatic rings. The fourth-order valence-electron chi connectivity index (χ4n) is 4.12. The summed E-state index contributed by atoms with van der Waals surface area (Å²) in [6, 6.07) is 28.8. The van der Waals surface area contributed by atoms with Crippen molar-refractivity contribution in [2.75, 3.05) is 0 Å². The first-order valence-corrected chi connectivity index (χ1v) is 9.66. The predicted molar refractivity (Wildman–Crippen MR) is 116 cm³/mol. The van der Waals surface area contributed by atoms with Gasteiger partial charge in [-0.1, -0.05) is 84.9 Å². The second-order valence-corrected chi connectivity index (χ2v) is 7.28. The number of aromatic hydroxyl groups is 4. The summed E-state index contributed by atoms with van der Waals surface area (Å²) in [7, 11) is 0. The molecular weight excluding hydrogens is 376 g/mol. The summed E-state index contributed by atoms with van der Waals surface area (Å²) < 4.78 is 0. The molecule has 4 aromatic carbocycles. The van der Waals surface area contributed by atoms with Crippen LogP contribution in [0.3, 0.4) is 0 Å². The molecule has 0 bridgehead atoms. The van der Waals surface area contributed by atoms with Gasteiger partial charge in [-0.15, -0.1) is 0 Å². The fourth-order valence-corrected chi connectivity index (χ4v) is 4.12. The van der Waals surface area contributed by atoms with E-state index in [2.05, 4.69) is 0 Å². The van der Waals surface area contributed by atoms with Gasteiger partial charge in [0.1, 0.15) is 0 Å². The number of phenolic OH excluding ortho intramolecular Hbond substituents is 4. The van der Waals surface area contributed by atoms with Crippen LogP contribution in [-0.2, 0) is 11.8 Å². The molecule has 4 N–H and O–H groups in total. The quantitative estimate of drug-likeness (QED) is 0.279. The molecule has 0 aliphatic rings. The highest BCUT2D eigenvalue weighted by molar-refractivity contribution is 5.63. The highest BCUT2D eigenvalue weighted by Crippen LogP contribution is 2.51. The van der Waals surface area contributed by atoms with E-state index in [-0.39, 0.29) is 23.0 Å². The van der Waals surface area contributed by atoms with Crippen LogP contribution in [0, 0.1) is 0 Å². The first kappa shape index (κ1) is 19.4. The summed E-state index contributed by atoms with van der Waals surface area (Å²) in [6.07, 6.45) is 0.381. The molecule has 0 spiro atoms. The molecule has 4 heteroatoms. The van der Waals surface area contributed by atoms with Gasteiger partial charge in [0.2, 0.25) is 0 Å². The lowest BCUT2D eigenvalue weighted by Gasteiger charge is -2.37. The third-order valence-electron chi connectivity index (χ3n) is 5.53. The molecule has 150 valence electrons. The summed E-state index contributed by atoms with van der Waals surface area (Å²) in [5.74, 6) is -1.03. The molecule has 0 amide bonds. The zero-order valence-corrected chi connectivity index (χ0v) is 16.2. The SMILES string of the molecule is Oc1cccc(C(Cc2ccccc2)(c2ccccc2)c2cccc(O)c2O)c1O. The third kappa shape index (κ3) is 3.22. The molecule has 0 aliphatic carbocycles. The molecule has 0 saturated heterocycles. The Labute approximate surface area is 175 Å². The van der Waals surface area contributed by atoms with Crippen LogP contribution in [-0.4, -0.2) is 20.4 Å². The van der Waals surface area contributed by atoms with Crippen LogP contribution in [0.4, 0.5) is 0 Å². The number of rotatable bonds is 5. The Morgan fingerprint density at radius 2 is 0.967 bits per heavy atom. The first-order valence-electron chi connectivity index (χ1n) is 9.66. The van der Waals surface area contributed by atoms with Crippen LogP contribution in [0.15, 0.2) is 97.1 Å². The van der Waals surface area contributed by atoms with Crippen molar-refractivity contribution >= 4 is 0 Å². The zero-order valence-electron chi connectivity index (χ0n) is 16.2. The Kier molecular flexibility index (Phi) is 5.07. The molecule has 4 nitrogen and oxygen atoms in total. The van der Waals surface area contributed by atoms with E-state index >= 15 is 0 Å². The van der Waals surface area contributed by atoms with E-state index in [9.17, 15) is 20.4 Å². The van der Waals surface area contributed by atoms with Crippen LogP contribution in [0.5, 0.6) is 23.0 Å². The average Bonchev–Trinajstić information content (AvgIpc) is 2.78. The van der Waals surface area contributed by atoms with Crippen LogP contribution in [0.1, 0.15) is 22.3 Å². The van der Waals surface area contributed by atoms with Crippen LogP contribution in [0.25, 0.3) is 0 Å². The number of hydrogen-bond acceptors (Lipinski definition) is 4. The standard InChI is InChI=1S/C26H22O4/c27-22-15-7-13-20(24(22)29)26(19-11-5-2-6-12-19,17-18-9-3-1-4-10-18)21-14-8-16-23(28)25(21)30/h1-16,27-30H,17H2. The molecule has 0 fully saturated rings. The van der Waals surface area contributed by atoms with E-state index in [0.29, 0.717) is 17.5 Å². The lowest BCUT2D eigenvalue weighted by molar-refractivity contribution is 0.379. The monoisotopic (exact) mass is 398 g/mol. The zero-order chi connectivity index (χ0) is 21.1. The number of phenols is 4. The van der Waals surface area contributed by atoms with Crippen molar-refractivity contribution in [3.05, 3.63) is 119 Å². The Morgan fingerprint density at radius 1 is 0.500 bits per heavy atom. The third-order valence-corrected chi connectivity index (χ3v) is 5.53. The molecule has 0 atom stereocenters. The molecular formula is C26H22O4. The Bertz CT molecular complexity index is 1100. The lowest BCUT2D eigenvalue weighted by atomic mass is 9.65. The van der Waals surface area contributed by atoms with Crippen LogP contribution < -0.4 is 0 Å². The normalized spacial score (nSPS) is 11.3. The van der Waals surface area contributed by atoms with E-state index in [0.717, 1.165) is 11.1 Å². The van der Waals surface area contributed by atoms with E-state index in [1.54, 1.807) is 24.3 Å². The van der Waals surface area contributed by atoms with Gasteiger partial charge in [0, 0.05) is 11.1 Å². The van der Waals surface area contributed by atoms with Gasteiger partial charge < -0.3 is 20.4 Å². The number of benzene rings is 4. The second kappa shape index (κ2) is 7.84. The van der Waals surface area contributed by atoms with Crippen molar-refractivity contribution in [3.8, 4) is 23.0 Å². The Morgan fingerprint density at radius 3 is 1.47 bits per heavy atom. The maximum atomic E-state index is 10.9. The van der Waals surface area contributed by atoms with E-state index < -0.39 is 5.41 Å². The maximum Gasteiger partial charge on any atom is 0.161 e. The molecule has 0 heterocycles. The smallest absolute Gasteiger partial charge is 0.161 e. The van der Waals surface area contributed by atoms with Gasteiger partial charge in [0.05, 0.1) is 5.41 Å². The summed E-state index contributed by atoms with van der Waals surface area (Å²) in [5, 5.41) is 42.4. The summed E-state index contributed by atoms with van der Waals surface area (Å²) in [5.41, 5.74) is 1.55. The van der Waals surface area contributed by atoms with Crippen molar-refractivity contribution in [2.24, 2.45) is 0 Å². The predicted octanol–water partition coefficient (Wildman–Crippen LogP) is 5.09. The van der Waals surface area contributed by atoms with Crippen molar-refractivity contribution in [3.63, 3.8) is 0 Å². The van der Waals surface area contributed by atoms with Gasteiger partial charge in [0.15, 0.2) is 23.0 Å². The molecule has 0 aromatic heterocycles. The summed E-state index contributed by atoms with van der Waals surface area (Å²) >= 11 is 0. The fraction of sp³-hybridized carbons (Fsp3) is 0.0769. The van der Waals surface area contributed by atoms with Crippen molar-refractivity contribution in [1.29, 1.82) is 0 Å². The molecule has 4 rings (SSSR count). The van der Waals surface area contributed by atoms with Gasteiger partial charge >= 0.3 is 0 Å². The minimum Gasteiger partial charge on any atom is -0.504 e. The molecule has 0 radical (unpaired) electrons. The summed E-state index contributed by atoms with van der Waals surface area (Å²) in [6.45, 7) is 0. The first-order chi connectivity index (χ1) is 14.5. The lowest BCUT2D eigenvalue weighted by Crippen LogP contribution is -2.32. The topological polar surface area (TPSA) is 80.9 Å². The molecule has 0 aliphatic heterocycles. The molecule has 30 heavy (non-hydrogen) atoms. The molecule has 0 saturated carbocycles. The van der Waals surface area contributed by atoms with Crippen molar-refractivity contribution in [1.82, 2.24) is 0 Å². The number of hydrogen-bond donors (Lipinski definition) is 4. The van der Waals surface area contributed by atoms with Gasteiger partial charge in [-0.05, 0) is 29.7 Å². The maximum absolute atomic E-state index is 10.9. The minimum absolute atomic E-state index is 0.250. The Balaban J connectivity index is 2.13. The minimum atomic E-state index is -1.08. The van der Waals surface area contributed by atoms with Crippen molar-refractivity contribution in [2.45, 2.75) is 11.8 Å². The highest BCUT2D eigenvalue weighted by Gasteiger charge is 2.41.